The molecule has 7 nitrogen and oxygen atoms in total. The fourth-order valence-corrected chi connectivity index (χ4v) is 8.11. The third-order valence-corrected chi connectivity index (χ3v) is 9.92. The quantitative estimate of drug-likeness (QED) is 0.516. The van der Waals surface area contributed by atoms with Crippen molar-refractivity contribution in [1.82, 2.24) is 9.21 Å². The molecule has 3 aromatic rings. The van der Waals surface area contributed by atoms with E-state index in [1.807, 2.05) is 12.1 Å². The summed E-state index contributed by atoms with van der Waals surface area (Å²) < 4.78 is 38.7. The van der Waals surface area contributed by atoms with Crippen molar-refractivity contribution in [2.24, 2.45) is 0 Å². The molecule has 0 bridgehead atoms. The zero-order valence-corrected chi connectivity index (χ0v) is 20.1. The van der Waals surface area contributed by atoms with Gasteiger partial charge in [0.15, 0.2) is 0 Å². The lowest BCUT2D eigenvalue weighted by Crippen LogP contribution is -2.40. The molecule has 0 amide bonds. The molecule has 0 atom stereocenters. The standard InChI is InChI=1S/C24H26N2O5S2/c1-30-23(27)22-20-9-10-25(15-18-7-4-6-17-5-2-3-8-19(17)18)16-21(20)32-24(22)33(28,29)26-11-13-31-14-12-26/h2-8H,9-16H2,1H3. The molecule has 0 unspecified atom stereocenters. The van der Waals surface area contributed by atoms with Crippen LogP contribution in [0.1, 0.15) is 26.4 Å². The Morgan fingerprint density at radius 1 is 1.09 bits per heavy atom. The number of sulfonamides is 1. The number of hydrogen-bond donors (Lipinski definition) is 0. The number of methoxy groups -OCH3 is 1. The number of benzene rings is 2. The van der Waals surface area contributed by atoms with Gasteiger partial charge in [-0.25, -0.2) is 13.2 Å². The number of carbonyl (C=O) groups excluding carboxylic acids is 1. The molecule has 0 spiro atoms. The third-order valence-electron chi connectivity index (χ3n) is 6.31. The van der Waals surface area contributed by atoms with Gasteiger partial charge in [0.1, 0.15) is 4.21 Å². The van der Waals surface area contributed by atoms with Crippen LogP contribution in [0, 0.1) is 0 Å². The van der Waals surface area contributed by atoms with Crippen molar-refractivity contribution in [3.05, 3.63) is 64.0 Å². The van der Waals surface area contributed by atoms with E-state index in [-0.39, 0.29) is 9.77 Å². The predicted octanol–water partition coefficient (Wildman–Crippen LogP) is 3.27. The maximum atomic E-state index is 13.4. The Labute approximate surface area is 197 Å². The minimum Gasteiger partial charge on any atom is -0.465 e. The zero-order valence-electron chi connectivity index (χ0n) is 18.5. The SMILES string of the molecule is COC(=O)c1c(S(=O)(=O)N2CCOCC2)sc2c1CCN(Cc1cccc3ccccc13)C2. The second-order valence-corrected chi connectivity index (χ2v) is 11.5. The Balaban J connectivity index is 1.47. The maximum absolute atomic E-state index is 13.4. The van der Waals surface area contributed by atoms with Gasteiger partial charge in [0, 0.05) is 37.6 Å². The molecule has 1 fully saturated rings. The van der Waals surface area contributed by atoms with Gasteiger partial charge < -0.3 is 9.47 Å². The number of fused-ring (bicyclic) bond motifs is 2. The van der Waals surface area contributed by atoms with E-state index in [2.05, 4.69) is 35.2 Å². The van der Waals surface area contributed by atoms with Crippen molar-refractivity contribution in [1.29, 1.82) is 0 Å². The number of thiophene rings is 1. The molecule has 2 aliphatic heterocycles. The van der Waals surface area contributed by atoms with Crippen molar-refractivity contribution in [3.63, 3.8) is 0 Å². The van der Waals surface area contributed by atoms with Gasteiger partial charge in [-0.3, -0.25) is 4.90 Å². The fourth-order valence-electron chi connectivity index (χ4n) is 4.63. The van der Waals surface area contributed by atoms with Gasteiger partial charge in [0.05, 0.1) is 25.9 Å². The lowest BCUT2D eigenvalue weighted by molar-refractivity contribution is 0.0594. The summed E-state index contributed by atoms with van der Waals surface area (Å²) in [6, 6.07) is 14.6. The van der Waals surface area contributed by atoms with Gasteiger partial charge in [-0.1, -0.05) is 42.5 Å². The average molecular weight is 487 g/mol. The largest absolute Gasteiger partial charge is 0.465 e. The van der Waals surface area contributed by atoms with Crippen LogP contribution < -0.4 is 0 Å². The highest BCUT2D eigenvalue weighted by Crippen LogP contribution is 2.38. The van der Waals surface area contributed by atoms with Gasteiger partial charge in [0.2, 0.25) is 0 Å². The van der Waals surface area contributed by atoms with Crippen LogP contribution in [0.25, 0.3) is 10.8 Å². The van der Waals surface area contributed by atoms with E-state index in [4.69, 9.17) is 9.47 Å². The molecule has 2 aromatic carbocycles. The number of esters is 1. The first-order valence-electron chi connectivity index (χ1n) is 11.0. The van der Waals surface area contributed by atoms with Crippen LogP contribution >= 0.6 is 11.3 Å². The smallest absolute Gasteiger partial charge is 0.340 e. The van der Waals surface area contributed by atoms with E-state index in [1.165, 1.54) is 39.1 Å². The fraction of sp³-hybridized carbons (Fsp3) is 0.375. The van der Waals surface area contributed by atoms with Crippen LogP contribution in [-0.2, 0) is 39.0 Å². The first-order valence-corrected chi connectivity index (χ1v) is 13.2. The van der Waals surface area contributed by atoms with Crippen LogP contribution in [0.4, 0.5) is 0 Å². The minimum absolute atomic E-state index is 0.105. The number of ether oxygens (including phenoxy) is 2. The summed E-state index contributed by atoms with van der Waals surface area (Å²) in [4.78, 5) is 15.9. The summed E-state index contributed by atoms with van der Waals surface area (Å²) >= 11 is 1.21. The maximum Gasteiger partial charge on any atom is 0.340 e. The summed E-state index contributed by atoms with van der Waals surface area (Å²) in [6.07, 6.45) is 0.611. The predicted molar refractivity (Wildman–Crippen MR) is 127 cm³/mol. The molecule has 1 aromatic heterocycles. The lowest BCUT2D eigenvalue weighted by atomic mass is 10.0. The van der Waals surface area contributed by atoms with Gasteiger partial charge >= 0.3 is 5.97 Å². The number of nitrogens with zero attached hydrogens (tertiary/aromatic N) is 2. The number of hydrogen-bond acceptors (Lipinski definition) is 7. The van der Waals surface area contributed by atoms with Gasteiger partial charge in [-0.15, -0.1) is 11.3 Å². The van der Waals surface area contributed by atoms with Crippen molar-refractivity contribution in [3.8, 4) is 0 Å². The van der Waals surface area contributed by atoms with E-state index in [0.29, 0.717) is 39.3 Å². The van der Waals surface area contributed by atoms with Crippen molar-refractivity contribution in [2.75, 3.05) is 40.0 Å². The third kappa shape index (κ3) is 4.20. The van der Waals surface area contributed by atoms with Crippen LogP contribution in [-0.4, -0.2) is 63.6 Å². The summed E-state index contributed by atoms with van der Waals surface area (Å²) in [7, 11) is -2.50. The van der Waals surface area contributed by atoms with E-state index in [0.717, 1.165) is 23.5 Å². The highest BCUT2D eigenvalue weighted by Gasteiger charge is 2.37. The molecule has 0 N–H and O–H groups in total. The number of rotatable bonds is 5. The Kier molecular flexibility index (Phi) is 6.24. The number of morpholine rings is 1. The van der Waals surface area contributed by atoms with Crippen LogP contribution in [0.3, 0.4) is 0 Å². The molecule has 0 saturated carbocycles. The van der Waals surface area contributed by atoms with Gasteiger partial charge in [-0.05, 0) is 28.3 Å². The summed E-state index contributed by atoms with van der Waals surface area (Å²) in [5.74, 6) is -0.582. The zero-order chi connectivity index (χ0) is 23.0. The molecule has 174 valence electrons. The second-order valence-electron chi connectivity index (χ2n) is 8.27. The molecular weight excluding hydrogens is 460 g/mol. The molecule has 0 aliphatic carbocycles. The Bertz CT molecular complexity index is 1290. The Morgan fingerprint density at radius 3 is 2.64 bits per heavy atom. The topological polar surface area (TPSA) is 76.2 Å². The molecule has 3 heterocycles. The normalized spacial score (nSPS) is 17.7. The van der Waals surface area contributed by atoms with Crippen molar-refractivity contribution < 1.29 is 22.7 Å². The second kappa shape index (κ2) is 9.15. The summed E-state index contributed by atoms with van der Waals surface area (Å²) in [6.45, 7) is 3.41. The minimum atomic E-state index is -3.79. The van der Waals surface area contributed by atoms with Crippen LogP contribution in [0.15, 0.2) is 46.7 Å². The summed E-state index contributed by atoms with van der Waals surface area (Å²) in [5.41, 5.74) is 2.27. The Morgan fingerprint density at radius 2 is 1.85 bits per heavy atom. The lowest BCUT2D eigenvalue weighted by Gasteiger charge is -2.27. The van der Waals surface area contributed by atoms with Gasteiger partial charge in [-0.2, -0.15) is 4.31 Å². The number of carbonyl (C=O) groups is 1. The monoisotopic (exact) mass is 486 g/mol. The molecule has 2 aliphatic rings. The first kappa shape index (κ1) is 22.5. The molecule has 5 rings (SSSR count). The molecule has 9 heteroatoms. The van der Waals surface area contributed by atoms with E-state index in [1.54, 1.807) is 0 Å². The highest BCUT2D eigenvalue weighted by molar-refractivity contribution is 7.91. The van der Waals surface area contributed by atoms with Crippen molar-refractivity contribution >= 4 is 38.1 Å². The van der Waals surface area contributed by atoms with Crippen LogP contribution in [0.2, 0.25) is 0 Å². The molecule has 33 heavy (non-hydrogen) atoms. The van der Waals surface area contributed by atoms with Crippen LogP contribution in [0.5, 0.6) is 0 Å². The molecule has 0 radical (unpaired) electrons. The van der Waals surface area contributed by atoms with Crippen molar-refractivity contribution in [2.45, 2.75) is 23.7 Å². The van der Waals surface area contributed by atoms with E-state index >= 15 is 0 Å². The first-order chi connectivity index (χ1) is 16.0. The van der Waals surface area contributed by atoms with E-state index in [9.17, 15) is 13.2 Å². The summed E-state index contributed by atoms with van der Waals surface area (Å²) in [5, 5.41) is 2.43. The Hall–Kier alpha value is -2.30. The average Bonchev–Trinajstić information content (AvgIpc) is 3.24. The molecule has 1 saturated heterocycles. The highest BCUT2D eigenvalue weighted by atomic mass is 32.2. The van der Waals surface area contributed by atoms with Gasteiger partial charge in [0.25, 0.3) is 10.0 Å². The molecular formula is C24H26N2O5S2. The van der Waals surface area contributed by atoms with E-state index < -0.39 is 16.0 Å².